The van der Waals surface area contributed by atoms with Crippen molar-refractivity contribution in [1.29, 1.82) is 0 Å². The van der Waals surface area contributed by atoms with Crippen LogP contribution in [-0.4, -0.2) is 45.9 Å². The molecule has 2 atom stereocenters. The van der Waals surface area contributed by atoms with Crippen LogP contribution in [0.4, 0.5) is 4.79 Å². The molecule has 128 valence electrons. The molecule has 1 rings (SSSR count). The number of amides is 1. The van der Waals surface area contributed by atoms with Crippen LogP contribution >= 0.6 is 0 Å². The number of carbonyl (C=O) groups is 2. The predicted octanol–water partition coefficient (Wildman–Crippen LogP) is 1.51. The fourth-order valence-corrected chi connectivity index (χ4v) is 1.96. The van der Waals surface area contributed by atoms with E-state index >= 15 is 0 Å². The smallest absolute Gasteiger partial charge is 0.407 e. The van der Waals surface area contributed by atoms with Crippen molar-refractivity contribution >= 4 is 12.4 Å². The monoisotopic (exact) mass is 325 g/mol. The van der Waals surface area contributed by atoms with Gasteiger partial charge in [-0.05, 0) is 38.8 Å². The topological polar surface area (TPSA) is 116 Å². The van der Waals surface area contributed by atoms with Crippen molar-refractivity contribution in [2.75, 3.05) is 6.54 Å². The lowest BCUT2D eigenvalue weighted by Crippen LogP contribution is -2.34. The number of hydrogen-bond acceptors (Lipinski definition) is 6. The summed E-state index contributed by atoms with van der Waals surface area (Å²) in [7, 11) is 0. The summed E-state index contributed by atoms with van der Waals surface area (Å²) in [5.74, 6) is -0.268. The number of phenolic OH excluding ortho intramolecular Hbond substituents is 1. The molecule has 0 saturated heterocycles. The number of aldehydes is 1. The van der Waals surface area contributed by atoms with Gasteiger partial charge in [-0.1, -0.05) is 12.1 Å². The lowest BCUT2D eigenvalue weighted by atomic mass is 9.97. The Morgan fingerprint density at radius 3 is 2.57 bits per heavy atom. The molecule has 7 nitrogen and oxygen atoms in total. The summed E-state index contributed by atoms with van der Waals surface area (Å²) >= 11 is 0. The summed E-state index contributed by atoms with van der Waals surface area (Å²) in [5, 5.41) is 32.1. The van der Waals surface area contributed by atoms with Crippen molar-refractivity contribution in [3.8, 4) is 5.75 Å². The van der Waals surface area contributed by atoms with Crippen molar-refractivity contribution in [3.05, 3.63) is 29.3 Å². The highest BCUT2D eigenvalue weighted by molar-refractivity contribution is 5.81. The SMILES string of the molecule is CC(C)(C)OC(=O)NCCC(O)C(O)c1cccc(O)c1C=O. The van der Waals surface area contributed by atoms with Crippen LogP contribution in [0, 0.1) is 0 Å². The van der Waals surface area contributed by atoms with E-state index in [9.17, 15) is 24.9 Å². The Morgan fingerprint density at radius 1 is 1.35 bits per heavy atom. The van der Waals surface area contributed by atoms with E-state index in [0.29, 0.717) is 6.29 Å². The number of ether oxygens (including phenoxy) is 1. The molecular weight excluding hydrogens is 302 g/mol. The third-order valence-corrected chi connectivity index (χ3v) is 3.03. The molecule has 0 aliphatic carbocycles. The van der Waals surface area contributed by atoms with Gasteiger partial charge in [0.25, 0.3) is 0 Å². The minimum atomic E-state index is -1.36. The zero-order valence-electron chi connectivity index (χ0n) is 13.4. The number of carbonyl (C=O) groups excluding carboxylic acids is 2. The van der Waals surface area contributed by atoms with E-state index in [1.54, 1.807) is 20.8 Å². The van der Waals surface area contributed by atoms with Crippen LogP contribution in [-0.2, 0) is 4.74 Å². The Kier molecular flexibility index (Phi) is 6.53. The predicted molar refractivity (Wildman–Crippen MR) is 83.3 cm³/mol. The number of nitrogens with one attached hydrogen (secondary N) is 1. The molecule has 0 radical (unpaired) electrons. The van der Waals surface area contributed by atoms with Gasteiger partial charge in [-0.3, -0.25) is 4.79 Å². The molecule has 1 aromatic rings. The number of aromatic hydroxyl groups is 1. The van der Waals surface area contributed by atoms with Crippen LogP contribution in [0.1, 0.15) is 49.2 Å². The Hall–Kier alpha value is -2.12. The maximum absolute atomic E-state index is 11.5. The molecule has 0 spiro atoms. The Bertz CT molecular complexity index is 552. The van der Waals surface area contributed by atoms with Crippen LogP contribution in [0.25, 0.3) is 0 Å². The van der Waals surface area contributed by atoms with Gasteiger partial charge in [-0.25, -0.2) is 4.79 Å². The van der Waals surface area contributed by atoms with Gasteiger partial charge in [0.1, 0.15) is 17.5 Å². The maximum atomic E-state index is 11.5. The van der Waals surface area contributed by atoms with Gasteiger partial charge >= 0.3 is 6.09 Å². The summed E-state index contributed by atoms with van der Waals surface area (Å²) in [5.41, 5.74) is -0.563. The molecule has 2 unspecified atom stereocenters. The second kappa shape index (κ2) is 7.94. The molecule has 0 aliphatic heterocycles. The second-order valence-electron chi connectivity index (χ2n) is 6.13. The van der Waals surface area contributed by atoms with Gasteiger partial charge in [-0.2, -0.15) is 0 Å². The van der Waals surface area contributed by atoms with Crippen LogP contribution in [0.2, 0.25) is 0 Å². The first kappa shape index (κ1) is 18.9. The summed E-state index contributed by atoms with van der Waals surface area (Å²) in [6, 6.07) is 4.22. The van der Waals surface area contributed by atoms with Crippen LogP contribution in [0.15, 0.2) is 18.2 Å². The zero-order chi connectivity index (χ0) is 17.6. The van der Waals surface area contributed by atoms with Gasteiger partial charge in [0.05, 0.1) is 11.7 Å². The van der Waals surface area contributed by atoms with Crippen LogP contribution < -0.4 is 5.32 Å². The van der Waals surface area contributed by atoms with E-state index in [1.165, 1.54) is 18.2 Å². The molecule has 0 aliphatic rings. The van der Waals surface area contributed by atoms with E-state index in [-0.39, 0.29) is 29.8 Å². The Labute approximate surface area is 134 Å². The van der Waals surface area contributed by atoms with Crippen molar-refractivity contribution in [2.45, 2.75) is 45.0 Å². The first-order valence-electron chi connectivity index (χ1n) is 7.25. The largest absolute Gasteiger partial charge is 0.507 e. The summed E-state index contributed by atoms with van der Waals surface area (Å²) < 4.78 is 5.04. The van der Waals surface area contributed by atoms with Gasteiger partial charge < -0.3 is 25.4 Å². The van der Waals surface area contributed by atoms with E-state index in [4.69, 9.17) is 4.74 Å². The van der Waals surface area contributed by atoms with E-state index in [0.717, 1.165) is 0 Å². The number of rotatable bonds is 6. The van der Waals surface area contributed by atoms with Gasteiger partial charge in [0, 0.05) is 6.54 Å². The maximum Gasteiger partial charge on any atom is 0.407 e. The Morgan fingerprint density at radius 2 is 2.00 bits per heavy atom. The minimum absolute atomic E-state index is 0.0500. The van der Waals surface area contributed by atoms with Gasteiger partial charge in [-0.15, -0.1) is 0 Å². The molecule has 0 saturated carbocycles. The molecule has 0 bridgehead atoms. The average molecular weight is 325 g/mol. The number of hydrogen-bond donors (Lipinski definition) is 4. The number of alkyl carbamates (subject to hydrolysis) is 1. The second-order valence-corrected chi connectivity index (χ2v) is 6.13. The van der Waals surface area contributed by atoms with Crippen molar-refractivity contribution in [3.63, 3.8) is 0 Å². The molecule has 0 heterocycles. The summed E-state index contributed by atoms with van der Waals surface area (Å²) in [6.45, 7) is 5.28. The third kappa shape index (κ3) is 5.88. The fourth-order valence-electron chi connectivity index (χ4n) is 1.96. The fraction of sp³-hybridized carbons (Fsp3) is 0.500. The quantitative estimate of drug-likeness (QED) is 0.589. The average Bonchev–Trinajstić information content (AvgIpc) is 2.44. The molecular formula is C16H23NO6. The van der Waals surface area contributed by atoms with E-state index in [2.05, 4.69) is 5.32 Å². The summed E-state index contributed by atoms with van der Waals surface area (Å²) in [6.07, 6.45) is -2.73. The van der Waals surface area contributed by atoms with Crippen LogP contribution in [0.3, 0.4) is 0 Å². The lowest BCUT2D eigenvalue weighted by Gasteiger charge is -2.22. The molecule has 0 aromatic heterocycles. The lowest BCUT2D eigenvalue weighted by molar-refractivity contribution is 0.0119. The standard InChI is InChI=1S/C16H23NO6/c1-16(2,3)23-15(22)17-8-7-13(20)14(21)10-5-4-6-12(19)11(10)9-18/h4-6,9,13-14,19-21H,7-8H2,1-3H3,(H,17,22). The number of benzene rings is 1. The highest BCUT2D eigenvalue weighted by Gasteiger charge is 2.23. The number of phenols is 1. The van der Waals surface area contributed by atoms with Crippen molar-refractivity contribution in [2.24, 2.45) is 0 Å². The number of aliphatic hydroxyl groups excluding tert-OH is 2. The molecule has 1 aromatic carbocycles. The number of aliphatic hydroxyl groups is 2. The summed E-state index contributed by atoms with van der Waals surface area (Å²) in [4.78, 5) is 22.5. The normalized spacial score (nSPS) is 14.0. The third-order valence-electron chi connectivity index (χ3n) is 3.03. The zero-order valence-corrected chi connectivity index (χ0v) is 13.4. The molecule has 7 heteroatoms. The minimum Gasteiger partial charge on any atom is -0.507 e. The van der Waals surface area contributed by atoms with Gasteiger partial charge in [0.15, 0.2) is 6.29 Å². The van der Waals surface area contributed by atoms with E-state index in [1.807, 2.05) is 0 Å². The molecule has 4 N–H and O–H groups in total. The first-order valence-corrected chi connectivity index (χ1v) is 7.25. The Balaban J connectivity index is 2.58. The van der Waals surface area contributed by atoms with Crippen molar-refractivity contribution < 1.29 is 29.6 Å². The molecule has 0 fully saturated rings. The van der Waals surface area contributed by atoms with Crippen molar-refractivity contribution in [1.82, 2.24) is 5.32 Å². The highest BCUT2D eigenvalue weighted by Crippen LogP contribution is 2.27. The van der Waals surface area contributed by atoms with Gasteiger partial charge in [0.2, 0.25) is 0 Å². The van der Waals surface area contributed by atoms with E-state index < -0.39 is 23.9 Å². The first-order chi connectivity index (χ1) is 10.7. The highest BCUT2D eigenvalue weighted by atomic mass is 16.6. The van der Waals surface area contributed by atoms with Crippen LogP contribution in [0.5, 0.6) is 5.75 Å². The molecule has 23 heavy (non-hydrogen) atoms. The molecule has 1 amide bonds.